The van der Waals surface area contributed by atoms with Crippen LogP contribution in [0.1, 0.15) is 97.3 Å². The highest BCUT2D eigenvalue weighted by Crippen LogP contribution is 2.33. The van der Waals surface area contributed by atoms with Crippen molar-refractivity contribution in [1.82, 2.24) is 0 Å². The van der Waals surface area contributed by atoms with Crippen LogP contribution in [0.4, 0.5) is 0 Å². The Hall–Kier alpha value is -0.570. The first-order chi connectivity index (χ1) is 11.7. The molecule has 2 rings (SSSR count). The molecular weight excluding hydrogens is 300 g/mol. The minimum absolute atomic E-state index is 0.0833. The largest absolute Gasteiger partial charge is 0.462 e. The summed E-state index contributed by atoms with van der Waals surface area (Å²) in [5, 5.41) is 0. The summed E-state index contributed by atoms with van der Waals surface area (Å²) in [5.74, 6) is 1.10. The molecule has 2 aliphatic rings. The van der Waals surface area contributed by atoms with Gasteiger partial charge in [-0.2, -0.15) is 0 Å². The summed E-state index contributed by atoms with van der Waals surface area (Å²) in [6, 6.07) is 0. The second-order valence-corrected chi connectivity index (χ2v) is 7.92. The van der Waals surface area contributed by atoms with Gasteiger partial charge >= 0.3 is 5.97 Å². The average molecular weight is 339 g/mol. The van der Waals surface area contributed by atoms with E-state index in [0.717, 1.165) is 57.5 Å². The molecule has 0 aromatic rings. The molecular formula is C21H38O3. The van der Waals surface area contributed by atoms with Crippen molar-refractivity contribution in [1.29, 1.82) is 0 Å². The average Bonchev–Trinajstić information content (AvgIpc) is 2.62. The van der Waals surface area contributed by atoms with Gasteiger partial charge in [-0.25, -0.2) is 0 Å². The molecule has 0 amide bonds. The maximum absolute atomic E-state index is 12.4. The van der Waals surface area contributed by atoms with Gasteiger partial charge in [0.25, 0.3) is 0 Å². The molecule has 3 nitrogen and oxygen atoms in total. The summed E-state index contributed by atoms with van der Waals surface area (Å²) in [4.78, 5) is 12.4. The number of hydrogen-bond acceptors (Lipinski definition) is 3. The van der Waals surface area contributed by atoms with Gasteiger partial charge in [0.05, 0.1) is 12.0 Å². The number of carbonyl (C=O) groups excluding carboxylic acids is 1. The Balaban J connectivity index is 1.60. The molecule has 2 fully saturated rings. The van der Waals surface area contributed by atoms with Crippen LogP contribution in [0.25, 0.3) is 0 Å². The van der Waals surface area contributed by atoms with E-state index in [1.807, 2.05) is 0 Å². The number of hydrogen-bond donors (Lipinski definition) is 0. The number of rotatable bonds is 9. The Labute approximate surface area is 148 Å². The highest BCUT2D eigenvalue weighted by Gasteiger charge is 2.30. The van der Waals surface area contributed by atoms with Crippen molar-refractivity contribution in [3.63, 3.8) is 0 Å². The minimum atomic E-state index is 0.0833. The zero-order valence-corrected chi connectivity index (χ0v) is 15.9. The summed E-state index contributed by atoms with van der Waals surface area (Å²) in [7, 11) is 0. The normalized spacial score (nSPS) is 30.9. The molecule has 2 aliphatic carbocycles. The highest BCUT2D eigenvalue weighted by atomic mass is 16.5. The van der Waals surface area contributed by atoms with E-state index >= 15 is 0 Å². The Bertz CT molecular complexity index is 339. The molecule has 0 aliphatic heterocycles. The molecule has 0 atom stereocenters. The molecule has 0 aromatic heterocycles. The van der Waals surface area contributed by atoms with E-state index in [4.69, 9.17) is 9.47 Å². The Morgan fingerprint density at radius 1 is 0.833 bits per heavy atom. The fourth-order valence-corrected chi connectivity index (χ4v) is 4.23. The quantitative estimate of drug-likeness (QED) is 0.402. The Kier molecular flexibility index (Phi) is 9.15. The van der Waals surface area contributed by atoms with Crippen LogP contribution in [0.5, 0.6) is 0 Å². The van der Waals surface area contributed by atoms with Gasteiger partial charge in [-0.05, 0) is 63.7 Å². The van der Waals surface area contributed by atoms with Crippen molar-refractivity contribution < 1.29 is 14.3 Å². The first-order valence-corrected chi connectivity index (χ1v) is 10.5. The van der Waals surface area contributed by atoms with Gasteiger partial charge < -0.3 is 9.47 Å². The summed E-state index contributed by atoms with van der Waals surface area (Å²) >= 11 is 0. The third-order valence-corrected chi connectivity index (χ3v) is 5.86. The number of esters is 1. The summed E-state index contributed by atoms with van der Waals surface area (Å²) < 4.78 is 11.6. The van der Waals surface area contributed by atoms with Gasteiger partial charge in [0.1, 0.15) is 6.10 Å². The first-order valence-electron chi connectivity index (χ1n) is 10.5. The summed E-state index contributed by atoms with van der Waals surface area (Å²) in [6.45, 7) is 5.26. The van der Waals surface area contributed by atoms with Crippen LogP contribution in [-0.2, 0) is 14.3 Å². The topological polar surface area (TPSA) is 35.5 Å². The lowest BCUT2D eigenvalue weighted by Gasteiger charge is -2.31. The van der Waals surface area contributed by atoms with Gasteiger partial charge in [0.15, 0.2) is 0 Å². The van der Waals surface area contributed by atoms with E-state index in [1.165, 1.54) is 38.5 Å². The molecule has 0 bridgehead atoms. The smallest absolute Gasteiger partial charge is 0.309 e. The number of carbonyl (C=O) groups is 1. The first kappa shape index (κ1) is 19.8. The van der Waals surface area contributed by atoms with Crippen molar-refractivity contribution in [2.75, 3.05) is 6.61 Å². The lowest BCUT2D eigenvalue weighted by Crippen LogP contribution is -2.32. The van der Waals surface area contributed by atoms with Crippen molar-refractivity contribution in [2.45, 2.75) is 110 Å². The fourth-order valence-electron chi connectivity index (χ4n) is 4.23. The van der Waals surface area contributed by atoms with E-state index in [0.29, 0.717) is 6.10 Å². The molecule has 0 saturated heterocycles. The van der Waals surface area contributed by atoms with Crippen LogP contribution < -0.4 is 0 Å². The van der Waals surface area contributed by atoms with Gasteiger partial charge in [0.2, 0.25) is 0 Å². The summed E-state index contributed by atoms with van der Waals surface area (Å²) in [5.41, 5.74) is 0. The maximum atomic E-state index is 12.4. The zero-order chi connectivity index (χ0) is 17.2. The van der Waals surface area contributed by atoms with Crippen LogP contribution in [0.15, 0.2) is 0 Å². The number of ether oxygens (including phenoxy) is 2. The predicted molar refractivity (Wildman–Crippen MR) is 98.0 cm³/mol. The lowest BCUT2D eigenvalue weighted by atomic mass is 9.79. The highest BCUT2D eigenvalue weighted by molar-refractivity contribution is 5.72. The van der Waals surface area contributed by atoms with Crippen LogP contribution in [0.3, 0.4) is 0 Å². The SMILES string of the molecule is CCCCCC1CCC(C(=O)OC2CCC(OCCC)CC2)CC1. The van der Waals surface area contributed by atoms with Crippen LogP contribution >= 0.6 is 0 Å². The van der Waals surface area contributed by atoms with E-state index in [1.54, 1.807) is 0 Å². The van der Waals surface area contributed by atoms with E-state index < -0.39 is 0 Å². The van der Waals surface area contributed by atoms with Crippen molar-refractivity contribution in [3.05, 3.63) is 0 Å². The molecule has 0 spiro atoms. The predicted octanol–water partition coefficient (Wildman–Crippen LogP) is 5.65. The minimum Gasteiger partial charge on any atom is -0.462 e. The second kappa shape index (κ2) is 11.1. The maximum Gasteiger partial charge on any atom is 0.309 e. The Morgan fingerprint density at radius 2 is 1.50 bits per heavy atom. The van der Waals surface area contributed by atoms with E-state index in [-0.39, 0.29) is 18.0 Å². The standard InChI is InChI=1S/C21H38O3/c1-3-5-6-7-17-8-10-18(11-9-17)21(22)24-20-14-12-19(13-15-20)23-16-4-2/h17-20H,3-16H2,1-2H3. The van der Waals surface area contributed by atoms with Crippen molar-refractivity contribution >= 4 is 5.97 Å². The van der Waals surface area contributed by atoms with Gasteiger partial charge in [-0.1, -0.05) is 39.5 Å². The van der Waals surface area contributed by atoms with Crippen LogP contribution in [0.2, 0.25) is 0 Å². The third kappa shape index (κ3) is 6.74. The molecule has 0 radical (unpaired) electrons. The van der Waals surface area contributed by atoms with Crippen molar-refractivity contribution in [3.8, 4) is 0 Å². The molecule has 140 valence electrons. The zero-order valence-electron chi connectivity index (χ0n) is 15.9. The van der Waals surface area contributed by atoms with Gasteiger partial charge in [0, 0.05) is 6.61 Å². The van der Waals surface area contributed by atoms with Crippen molar-refractivity contribution in [2.24, 2.45) is 11.8 Å². The van der Waals surface area contributed by atoms with E-state index in [2.05, 4.69) is 13.8 Å². The molecule has 0 N–H and O–H groups in total. The lowest BCUT2D eigenvalue weighted by molar-refractivity contribution is -0.158. The monoisotopic (exact) mass is 338 g/mol. The molecule has 3 heteroatoms. The molecule has 0 aromatic carbocycles. The summed E-state index contributed by atoms with van der Waals surface area (Å²) in [6.07, 6.45) is 15.6. The van der Waals surface area contributed by atoms with Gasteiger partial charge in [-0.3, -0.25) is 4.79 Å². The third-order valence-electron chi connectivity index (χ3n) is 5.86. The number of unbranched alkanes of at least 4 members (excludes halogenated alkanes) is 2. The molecule has 24 heavy (non-hydrogen) atoms. The fraction of sp³-hybridized carbons (Fsp3) is 0.952. The Morgan fingerprint density at radius 3 is 2.12 bits per heavy atom. The molecule has 0 heterocycles. The second-order valence-electron chi connectivity index (χ2n) is 7.92. The van der Waals surface area contributed by atoms with Crippen LogP contribution in [0, 0.1) is 11.8 Å². The molecule has 2 saturated carbocycles. The van der Waals surface area contributed by atoms with Gasteiger partial charge in [-0.15, -0.1) is 0 Å². The molecule has 0 unspecified atom stereocenters. The van der Waals surface area contributed by atoms with E-state index in [9.17, 15) is 4.79 Å². The van der Waals surface area contributed by atoms with Crippen LogP contribution in [-0.4, -0.2) is 24.8 Å².